The van der Waals surface area contributed by atoms with Gasteiger partial charge in [0.1, 0.15) is 0 Å². The number of carbonyl (C=O) groups excluding carboxylic acids is 1. The number of nitrogens with zero attached hydrogens (tertiary/aromatic N) is 2. The molecule has 0 saturated carbocycles. The quantitative estimate of drug-likeness (QED) is 0.804. The lowest BCUT2D eigenvalue weighted by molar-refractivity contribution is 0.101. The van der Waals surface area contributed by atoms with Gasteiger partial charge in [0.15, 0.2) is 11.5 Å². The molecule has 104 valence electrons. The maximum Gasteiger partial charge on any atom is 0.159 e. The Morgan fingerprint density at radius 2 is 2.25 bits per heavy atom. The molecule has 0 bridgehead atoms. The molecule has 2 aromatic rings. The summed E-state index contributed by atoms with van der Waals surface area (Å²) in [6.07, 6.45) is 2.13. The number of fused-ring (bicyclic) bond motifs is 1. The summed E-state index contributed by atoms with van der Waals surface area (Å²) >= 11 is 0. The highest BCUT2D eigenvalue weighted by Gasteiger charge is 2.19. The number of anilines is 1. The second kappa shape index (κ2) is 5.12. The summed E-state index contributed by atoms with van der Waals surface area (Å²) in [7, 11) is 0. The van der Waals surface area contributed by atoms with E-state index in [1.54, 1.807) is 6.92 Å². The van der Waals surface area contributed by atoms with Gasteiger partial charge < -0.3 is 9.42 Å². The first kappa shape index (κ1) is 12.9. The smallest absolute Gasteiger partial charge is 0.159 e. The number of ketones is 1. The molecular weight excluding hydrogens is 252 g/mol. The van der Waals surface area contributed by atoms with Crippen molar-refractivity contribution in [2.24, 2.45) is 0 Å². The Labute approximate surface area is 118 Å². The zero-order valence-electron chi connectivity index (χ0n) is 11.8. The van der Waals surface area contributed by atoms with Crippen LogP contribution in [-0.4, -0.2) is 17.5 Å². The highest BCUT2D eigenvalue weighted by Crippen LogP contribution is 2.29. The van der Waals surface area contributed by atoms with Gasteiger partial charge in [0, 0.05) is 23.9 Å². The van der Waals surface area contributed by atoms with Crippen LogP contribution in [-0.2, 0) is 13.0 Å². The molecule has 0 amide bonds. The molecule has 20 heavy (non-hydrogen) atoms. The van der Waals surface area contributed by atoms with Gasteiger partial charge in [-0.05, 0) is 50.5 Å². The average molecular weight is 270 g/mol. The van der Waals surface area contributed by atoms with E-state index in [0.717, 1.165) is 42.9 Å². The minimum absolute atomic E-state index is 0.121. The third-order valence-electron chi connectivity index (χ3n) is 3.72. The largest absolute Gasteiger partial charge is 0.364 e. The van der Waals surface area contributed by atoms with Crippen molar-refractivity contribution in [2.45, 2.75) is 33.2 Å². The van der Waals surface area contributed by atoms with Crippen LogP contribution in [0.3, 0.4) is 0 Å². The van der Waals surface area contributed by atoms with E-state index >= 15 is 0 Å². The van der Waals surface area contributed by atoms with Crippen LogP contribution < -0.4 is 4.90 Å². The van der Waals surface area contributed by atoms with E-state index in [-0.39, 0.29) is 5.78 Å². The second-order valence-electron chi connectivity index (χ2n) is 5.36. The van der Waals surface area contributed by atoms with Crippen molar-refractivity contribution in [3.63, 3.8) is 0 Å². The van der Waals surface area contributed by atoms with Crippen molar-refractivity contribution in [2.75, 3.05) is 11.4 Å². The predicted molar refractivity (Wildman–Crippen MR) is 77.1 cm³/mol. The molecule has 0 radical (unpaired) electrons. The van der Waals surface area contributed by atoms with Gasteiger partial charge in [-0.25, -0.2) is 0 Å². The molecule has 1 aliphatic heterocycles. The molecule has 1 aromatic heterocycles. The molecule has 4 heteroatoms. The fourth-order valence-electron chi connectivity index (χ4n) is 2.74. The molecule has 0 N–H and O–H groups in total. The fourth-order valence-corrected chi connectivity index (χ4v) is 2.74. The summed E-state index contributed by atoms with van der Waals surface area (Å²) in [4.78, 5) is 13.8. The van der Waals surface area contributed by atoms with Gasteiger partial charge in [-0.2, -0.15) is 0 Å². The number of aromatic nitrogens is 1. The first-order valence-electron chi connectivity index (χ1n) is 6.94. The summed E-state index contributed by atoms with van der Waals surface area (Å²) < 4.78 is 5.30. The van der Waals surface area contributed by atoms with E-state index < -0.39 is 0 Å². The molecular formula is C16H18N2O2. The number of carbonyl (C=O) groups is 1. The van der Waals surface area contributed by atoms with E-state index in [1.165, 1.54) is 11.3 Å². The number of benzene rings is 1. The Hall–Kier alpha value is -2.10. The molecule has 4 nitrogen and oxygen atoms in total. The topological polar surface area (TPSA) is 46.3 Å². The van der Waals surface area contributed by atoms with Gasteiger partial charge in [-0.3, -0.25) is 4.79 Å². The SMILES string of the molecule is CC(=O)c1ccc2c(c1)CCCN2Cc1cc(C)no1. The van der Waals surface area contributed by atoms with Crippen LogP contribution in [0.15, 0.2) is 28.8 Å². The number of rotatable bonds is 3. The molecule has 3 rings (SSSR count). The monoisotopic (exact) mass is 270 g/mol. The van der Waals surface area contributed by atoms with Crippen LogP contribution in [0.1, 0.15) is 40.7 Å². The third-order valence-corrected chi connectivity index (χ3v) is 3.72. The molecule has 0 unspecified atom stereocenters. The highest BCUT2D eigenvalue weighted by molar-refractivity contribution is 5.94. The molecule has 0 aliphatic carbocycles. The van der Waals surface area contributed by atoms with Gasteiger partial charge in [0.25, 0.3) is 0 Å². The molecule has 1 aliphatic rings. The molecule has 0 fully saturated rings. The van der Waals surface area contributed by atoms with E-state index in [2.05, 4.69) is 16.1 Å². The Kier molecular flexibility index (Phi) is 3.30. The summed E-state index contributed by atoms with van der Waals surface area (Å²) in [5.41, 5.74) is 4.15. The Bertz CT molecular complexity index is 646. The molecule has 0 atom stereocenters. The van der Waals surface area contributed by atoms with Crippen LogP contribution in [0.2, 0.25) is 0 Å². The molecule has 1 aromatic carbocycles. The van der Waals surface area contributed by atoms with E-state index in [1.807, 2.05) is 25.1 Å². The summed E-state index contributed by atoms with van der Waals surface area (Å²) in [6, 6.07) is 7.95. The van der Waals surface area contributed by atoms with Crippen molar-refractivity contribution in [1.82, 2.24) is 5.16 Å². The Morgan fingerprint density at radius 1 is 1.40 bits per heavy atom. The highest BCUT2D eigenvalue weighted by atomic mass is 16.5. The van der Waals surface area contributed by atoms with Crippen molar-refractivity contribution >= 4 is 11.5 Å². The van der Waals surface area contributed by atoms with Gasteiger partial charge in [0.2, 0.25) is 0 Å². The van der Waals surface area contributed by atoms with Crippen LogP contribution in [0.5, 0.6) is 0 Å². The fraction of sp³-hybridized carbons (Fsp3) is 0.375. The molecule has 2 heterocycles. The number of hydrogen-bond donors (Lipinski definition) is 0. The van der Waals surface area contributed by atoms with Crippen molar-refractivity contribution in [3.05, 3.63) is 46.8 Å². The lowest BCUT2D eigenvalue weighted by Crippen LogP contribution is -2.28. The van der Waals surface area contributed by atoms with Crippen molar-refractivity contribution in [3.8, 4) is 0 Å². The van der Waals surface area contributed by atoms with E-state index in [4.69, 9.17) is 4.52 Å². The third kappa shape index (κ3) is 2.46. The summed E-state index contributed by atoms with van der Waals surface area (Å²) in [6.45, 7) is 5.27. The van der Waals surface area contributed by atoms with Gasteiger partial charge in [-0.1, -0.05) is 5.16 Å². The normalized spacial score (nSPS) is 14.2. The van der Waals surface area contributed by atoms with Crippen LogP contribution >= 0.6 is 0 Å². The Morgan fingerprint density at radius 3 is 2.95 bits per heavy atom. The number of Topliss-reactive ketones (excluding diaryl/α,β-unsaturated/α-hetero) is 1. The number of aryl methyl sites for hydroxylation is 2. The van der Waals surface area contributed by atoms with Crippen LogP contribution in [0, 0.1) is 6.92 Å². The summed E-state index contributed by atoms with van der Waals surface area (Å²) in [5, 5.41) is 3.93. The predicted octanol–water partition coefficient (Wildman–Crippen LogP) is 3.14. The second-order valence-corrected chi connectivity index (χ2v) is 5.36. The first-order chi connectivity index (χ1) is 9.63. The minimum Gasteiger partial charge on any atom is -0.364 e. The first-order valence-corrected chi connectivity index (χ1v) is 6.94. The van der Waals surface area contributed by atoms with Gasteiger partial charge in [-0.15, -0.1) is 0 Å². The lowest BCUT2D eigenvalue weighted by atomic mass is 9.98. The zero-order chi connectivity index (χ0) is 14.1. The van der Waals surface area contributed by atoms with E-state index in [0.29, 0.717) is 0 Å². The van der Waals surface area contributed by atoms with Crippen molar-refractivity contribution < 1.29 is 9.32 Å². The maximum absolute atomic E-state index is 11.5. The minimum atomic E-state index is 0.121. The van der Waals surface area contributed by atoms with Crippen molar-refractivity contribution in [1.29, 1.82) is 0 Å². The van der Waals surface area contributed by atoms with Gasteiger partial charge in [0.05, 0.1) is 12.2 Å². The standard InChI is InChI=1S/C16H18N2O2/c1-11-8-15(20-17-11)10-18-7-3-4-14-9-13(12(2)19)5-6-16(14)18/h5-6,8-9H,3-4,7,10H2,1-2H3. The Balaban J connectivity index is 1.88. The molecule has 0 spiro atoms. The number of hydrogen-bond acceptors (Lipinski definition) is 4. The zero-order valence-corrected chi connectivity index (χ0v) is 11.8. The van der Waals surface area contributed by atoms with Crippen LogP contribution in [0.25, 0.3) is 0 Å². The maximum atomic E-state index is 11.5. The van der Waals surface area contributed by atoms with E-state index in [9.17, 15) is 4.79 Å². The average Bonchev–Trinajstić information content (AvgIpc) is 2.84. The summed E-state index contributed by atoms with van der Waals surface area (Å²) in [5.74, 6) is 1.00. The molecule has 0 saturated heterocycles. The lowest BCUT2D eigenvalue weighted by Gasteiger charge is -2.30. The van der Waals surface area contributed by atoms with Gasteiger partial charge >= 0.3 is 0 Å². The van der Waals surface area contributed by atoms with Crippen LogP contribution in [0.4, 0.5) is 5.69 Å².